The van der Waals surface area contributed by atoms with Gasteiger partial charge in [0, 0.05) is 0 Å². The molecule has 0 atom stereocenters. The third kappa shape index (κ3) is 2.55. The Bertz CT molecular complexity index is 378. The van der Waals surface area contributed by atoms with E-state index in [-0.39, 0.29) is 0 Å². The molecule has 2 nitrogen and oxygen atoms in total. The lowest BCUT2D eigenvalue weighted by Gasteiger charge is -2.10. The van der Waals surface area contributed by atoms with Gasteiger partial charge < -0.3 is 5.11 Å². The predicted molar refractivity (Wildman–Crippen MR) is 43.6 cm³/mol. The van der Waals surface area contributed by atoms with Crippen LogP contribution in [0.2, 0.25) is 0 Å². The van der Waals surface area contributed by atoms with E-state index in [9.17, 15) is 22.0 Å². The summed E-state index contributed by atoms with van der Waals surface area (Å²) in [6, 6.07) is 0.432. The van der Waals surface area contributed by atoms with Crippen LogP contribution < -0.4 is 0 Å². The topological polar surface area (TPSA) is 33.1 Å². The molecule has 1 aromatic rings. The standard InChI is InChI=1S/C7H3BrF5NO/c8-2-1-3(7(11,12)13)14-4(5(2)15)6(9)10/h1,6,15H. The summed E-state index contributed by atoms with van der Waals surface area (Å²) < 4.78 is 60.3. The van der Waals surface area contributed by atoms with Crippen LogP contribution in [0.5, 0.6) is 5.75 Å². The zero-order valence-corrected chi connectivity index (χ0v) is 8.40. The quantitative estimate of drug-likeness (QED) is 0.803. The molecule has 0 aliphatic heterocycles. The van der Waals surface area contributed by atoms with Crippen molar-refractivity contribution in [1.29, 1.82) is 0 Å². The zero-order valence-electron chi connectivity index (χ0n) is 6.82. The second-order valence-electron chi connectivity index (χ2n) is 2.52. The monoisotopic (exact) mass is 291 g/mol. The Kier molecular flexibility index (Phi) is 3.17. The molecule has 0 unspecified atom stereocenters. The highest BCUT2D eigenvalue weighted by molar-refractivity contribution is 9.10. The lowest BCUT2D eigenvalue weighted by atomic mass is 10.2. The van der Waals surface area contributed by atoms with Crippen molar-refractivity contribution in [3.8, 4) is 5.75 Å². The number of nitrogens with zero attached hydrogens (tertiary/aromatic N) is 1. The maximum absolute atomic E-state index is 12.2. The van der Waals surface area contributed by atoms with Crippen molar-refractivity contribution in [1.82, 2.24) is 4.98 Å². The van der Waals surface area contributed by atoms with Crippen LogP contribution >= 0.6 is 15.9 Å². The van der Waals surface area contributed by atoms with Crippen LogP contribution in [0.3, 0.4) is 0 Å². The average molecular weight is 292 g/mol. The molecule has 0 saturated heterocycles. The molecule has 0 aliphatic carbocycles. The predicted octanol–water partition coefficient (Wildman–Crippen LogP) is 3.51. The van der Waals surface area contributed by atoms with Crippen molar-refractivity contribution < 1.29 is 27.1 Å². The van der Waals surface area contributed by atoms with Gasteiger partial charge in [-0.1, -0.05) is 0 Å². The number of halogens is 6. The van der Waals surface area contributed by atoms with Crippen molar-refractivity contribution in [2.24, 2.45) is 0 Å². The normalized spacial score (nSPS) is 12.2. The van der Waals surface area contributed by atoms with Crippen molar-refractivity contribution in [3.63, 3.8) is 0 Å². The first-order valence-electron chi connectivity index (χ1n) is 3.48. The van der Waals surface area contributed by atoms with Gasteiger partial charge in [0.25, 0.3) is 6.43 Å². The molecule has 8 heteroatoms. The maximum Gasteiger partial charge on any atom is 0.433 e. The van der Waals surface area contributed by atoms with Crippen LogP contribution in [0, 0.1) is 0 Å². The van der Waals surface area contributed by atoms with Crippen molar-refractivity contribution in [2.45, 2.75) is 12.6 Å². The fourth-order valence-electron chi connectivity index (χ4n) is 0.823. The Labute approximate surface area is 88.9 Å². The summed E-state index contributed by atoms with van der Waals surface area (Å²) in [6.45, 7) is 0. The lowest BCUT2D eigenvalue weighted by molar-refractivity contribution is -0.141. The number of hydrogen-bond donors (Lipinski definition) is 1. The van der Waals surface area contributed by atoms with Gasteiger partial charge >= 0.3 is 6.18 Å². The van der Waals surface area contributed by atoms with Gasteiger partial charge in [-0.2, -0.15) is 13.2 Å². The second kappa shape index (κ2) is 3.92. The molecule has 1 N–H and O–H groups in total. The molecular formula is C7H3BrF5NO. The van der Waals surface area contributed by atoms with E-state index >= 15 is 0 Å². The lowest BCUT2D eigenvalue weighted by Crippen LogP contribution is -2.10. The first-order chi connectivity index (χ1) is 6.73. The first-order valence-corrected chi connectivity index (χ1v) is 4.27. The molecule has 0 saturated carbocycles. The molecule has 0 amide bonds. The minimum Gasteiger partial charge on any atom is -0.505 e. The second-order valence-corrected chi connectivity index (χ2v) is 3.38. The Balaban J connectivity index is 3.36. The van der Waals surface area contributed by atoms with Gasteiger partial charge in [0.1, 0.15) is 11.4 Å². The molecule has 1 aromatic heterocycles. The van der Waals surface area contributed by atoms with Crippen molar-refractivity contribution in [2.75, 3.05) is 0 Å². The molecule has 0 fully saturated rings. The van der Waals surface area contributed by atoms with Crippen LogP contribution in [0.15, 0.2) is 10.5 Å². The molecule has 0 bridgehead atoms. The number of aromatic nitrogens is 1. The molecule has 84 valence electrons. The summed E-state index contributed by atoms with van der Waals surface area (Å²) in [6.07, 6.45) is -8.11. The molecule has 0 aromatic carbocycles. The van der Waals surface area contributed by atoms with E-state index < -0.39 is 34.2 Å². The van der Waals surface area contributed by atoms with Crippen molar-refractivity contribution in [3.05, 3.63) is 21.9 Å². The molecule has 0 spiro atoms. The Morgan fingerprint density at radius 3 is 2.27 bits per heavy atom. The zero-order chi connectivity index (χ0) is 11.8. The summed E-state index contributed by atoms with van der Waals surface area (Å²) in [5, 5.41) is 9.00. The van der Waals surface area contributed by atoms with E-state index in [2.05, 4.69) is 20.9 Å². The summed E-state index contributed by atoms with van der Waals surface area (Å²) in [5.74, 6) is -0.988. The number of rotatable bonds is 1. The van der Waals surface area contributed by atoms with Gasteiger partial charge in [-0.25, -0.2) is 13.8 Å². The van der Waals surface area contributed by atoms with E-state index in [0.717, 1.165) is 0 Å². The van der Waals surface area contributed by atoms with Crippen LogP contribution in [0.1, 0.15) is 17.8 Å². The van der Waals surface area contributed by atoms with E-state index in [1.165, 1.54) is 0 Å². The van der Waals surface area contributed by atoms with Gasteiger partial charge in [-0.05, 0) is 22.0 Å². The molecular weight excluding hydrogens is 289 g/mol. The van der Waals surface area contributed by atoms with E-state index in [1.807, 2.05) is 0 Å². The van der Waals surface area contributed by atoms with Gasteiger partial charge in [-0.3, -0.25) is 0 Å². The third-order valence-electron chi connectivity index (χ3n) is 1.47. The van der Waals surface area contributed by atoms with Crippen LogP contribution in [0.25, 0.3) is 0 Å². The van der Waals surface area contributed by atoms with Crippen LogP contribution in [-0.4, -0.2) is 10.1 Å². The summed E-state index contributed by atoms with van der Waals surface area (Å²) in [5.41, 5.74) is -2.78. The highest BCUT2D eigenvalue weighted by atomic mass is 79.9. The van der Waals surface area contributed by atoms with Crippen LogP contribution in [-0.2, 0) is 6.18 Å². The molecule has 0 radical (unpaired) electrons. The van der Waals surface area contributed by atoms with E-state index in [0.29, 0.717) is 6.07 Å². The number of alkyl halides is 5. The minimum absolute atomic E-state index is 0.432. The Morgan fingerprint density at radius 2 is 1.87 bits per heavy atom. The fraction of sp³-hybridized carbons (Fsp3) is 0.286. The summed E-state index contributed by atoms with van der Waals surface area (Å²) in [4.78, 5) is 2.65. The first kappa shape index (κ1) is 12.2. The largest absolute Gasteiger partial charge is 0.505 e. The molecule has 0 aliphatic rings. The third-order valence-corrected chi connectivity index (χ3v) is 2.07. The van der Waals surface area contributed by atoms with Crippen molar-refractivity contribution >= 4 is 15.9 Å². The van der Waals surface area contributed by atoms with E-state index in [1.54, 1.807) is 0 Å². The highest BCUT2D eigenvalue weighted by Crippen LogP contribution is 2.37. The Hall–Kier alpha value is -0.920. The maximum atomic E-state index is 12.2. The summed E-state index contributed by atoms with van der Waals surface area (Å²) >= 11 is 2.53. The van der Waals surface area contributed by atoms with Gasteiger partial charge in [0.05, 0.1) is 4.47 Å². The fourth-order valence-corrected chi connectivity index (χ4v) is 1.24. The van der Waals surface area contributed by atoms with Gasteiger partial charge in [-0.15, -0.1) is 0 Å². The van der Waals surface area contributed by atoms with Gasteiger partial charge in [0.2, 0.25) is 0 Å². The smallest absolute Gasteiger partial charge is 0.433 e. The van der Waals surface area contributed by atoms with E-state index in [4.69, 9.17) is 5.11 Å². The molecule has 1 rings (SSSR count). The SMILES string of the molecule is Oc1c(Br)cc(C(F)(F)F)nc1C(F)F. The molecule has 15 heavy (non-hydrogen) atoms. The van der Waals surface area contributed by atoms with Crippen LogP contribution in [0.4, 0.5) is 22.0 Å². The number of aromatic hydroxyl groups is 1. The summed E-state index contributed by atoms with van der Waals surface area (Å²) in [7, 11) is 0. The minimum atomic E-state index is -4.83. The number of hydrogen-bond acceptors (Lipinski definition) is 2. The average Bonchev–Trinajstić information content (AvgIpc) is 2.06. The highest BCUT2D eigenvalue weighted by Gasteiger charge is 2.35. The Morgan fingerprint density at radius 1 is 1.33 bits per heavy atom. The van der Waals surface area contributed by atoms with Gasteiger partial charge in [0.15, 0.2) is 5.75 Å². The molecule has 1 heterocycles. The number of pyridine rings is 1.